The van der Waals surface area contributed by atoms with Gasteiger partial charge in [0.1, 0.15) is 0 Å². The van der Waals surface area contributed by atoms with Crippen molar-refractivity contribution in [2.45, 2.75) is 26.4 Å². The first-order chi connectivity index (χ1) is 7.08. The molecule has 1 amide bonds. The highest BCUT2D eigenvalue weighted by Crippen LogP contribution is 1.98. The van der Waals surface area contributed by atoms with Crippen molar-refractivity contribution in [3.63, 3.8) is 0 Å². The largest absolute Gasteiger partial charge is 0.462 e. The Hall–Kier alpha value is -1.10. The smallest absolute Gasteiger partial charge is 0.320 e. The van der Waals surface area contributed by atoms with Crippen LogP contribution in [-0.4, -0.2) is 49.1 Å². The second-order valence-electron chi connectivity index (χ2n) is 3.95. The number of esters is 1. The molecule has 15 heavy (non-hydrogen) atoms. The van der Waals surface area contributed by atoms with Crippen LogP contribution in [0.25, 0.3) is 0 Å². The van der Waals surface area contributed by atoms with Crippen LogP contribution in [0.2, 0.25) is 0 Å². The zero-order valence-corrected chi connectivity index (χ0v) is 9.28. The number of nitrogens with zero attached hydrogens (tertiary/aromatic N) is 1. The van der Waals surface area contributed by atoms with Gasteiger partial charge in [-0.25, -0.2) is 0 Å². The highest BCUT2D eigenvalue weighted by atomic mass is 16.5. The highest BCUT2D eigenvalue weighted by molar-refractivity contribution is 5.79. The molecule has 0 aromatic heterocycles. The van der Waals surface area contributed by atoms with Gasteiger partial charge in [0.05, 0.1) is 19.2 Å². The lowest BCUT2D eigenvalue weighted by molar-refractivity contribution is -0.148. The zero-order valence-electron chi connectivity index (χ0n) is 9.28. The van der Waals surface area contributed by atoms with Gasteiger partial charge in [0.15, 0.2) is 0 Å². The topological polar surface area (TPSA) is 58.6 Å². The molecule has 1 heterocycles. The first kappa shape index (κ1) is 12.0. The fourth-order valence-electron chi connectivity index (χ4n) is 1.49. The van der Waals surface area contributed by atoms with Crippen LogP contribution in [0.1, 0.15) is 20.3 Å². The molecule has 1 aliphatic heterocycles. The van der Waals surface area contributed by atoms with Gasteiger partial charge in [-0.3, -0.25) is 14.5 Å². The molecule has 1 N–H and O–H groups in total. The molecule has 1 aliphatic rings. The summed E-state index contributed by atoms with van der Waals surface area (Å²) in [6.07, 6.45) is 0.777. The van der Waals surface area contributed by atoms with Gasteiger partial charge >= 0.3 is 5.97 Å². The summed E-state index contributed by atoms with van der Waals surface area (Å²) in [5, 5.41) is 2.76. The molecule has 0 bridgehead atoms. The van der Waals surface area contributed by atoms with Crippen LogP contribution in [0.15, 0.2) is 0 Å². The van der Waals surface area contributed by atoms with Crippen molar-refractivity contribution in [1.82, 2.24) is 10.2 Å². The van der Waals surface area contributed by atoms with E-state index in [9.17, 15) is 9.59 Å². The Morgan fingerprint density at radius 2 is 2.33 bits per heavy atom. The lowest BCUT2D eigenvalue weighted by atomic mass is 10.4. The molecule has 1 rings (SSSR count). The number of carbonyl (C=O) groups excluding carboxylic acids is 2. The van der Waals surface area contributed by atoms with Crippen molar-refractivity contribution < 1.29 is 14.3 Å². The van der Waals surface area contributed by atoms with Crippen molar-refractivity contribution in [3.8, 4) is 0 Å². The van der Waals surface area contributed by atoms with E-state index in [0.29, 0.717) is 6.54 Å². The Kier molecular flexibility index (Phi) is 4.55. The van der Waals surface area contributed by atoms with Gasteiger partial charge in [0.2, 0.25) is 5.91 Å². The lowest BCUT2D eigenvalue weighted by Crippen LogP contribution is -2.37. The van der Waals surface area contributed by atoms with Crippen molar-refractivity contribution in [2.24, 2.45) is 0 Å². The Morgan fingerprint density at radius 1 is 1.60 bits per heavy atom. The molecular weight excluding hydrogens is 196 g/mol. The van der Waals surface area contributed by atoms with Crippen LogP contribution in [0.5, 0.6) is 0 Å². The monoisotopic (exact) mass is 214 g/mol. The van der Waals surface area contributed by atoms with Gasteiger partial charge in [-0.05, 0) is 20.3 Å². The molecule has 0 aliphatic carbocycles. The standard InChI is InChI=1S/C10H18N2O3/c1-8(2)15-10(14)7-12-5-3-4-11-9(13)6-12/h8H,3-7H2,1-2H3,(H,11,13). The maximum Gasteiger partial charge on any atom is 0.320 e. The quantitative estimate of drug-likeness (QED) is 0.659. The summed E-state index contributed by atoms with van der Waals surface area (Å²) < 4.78 is 5.02. The third kappa shape index (κ3) is 4.78. The fraction of sp³-hybridized carbons (Fsp3) is 0.800. The lowest BCUT2D eigenvalue weighted by Gasteiger charge is -2.18. The summed E-state index contributed by atoms with van der Waals surface area (Å²) in [6.45, 7) is 5.55. The van der Waals surface area contributed by atoms with Gasteiger partial charge < -0.3 is 10.1 Å². The zero-order chi connectivity index (χ0) is 11.3. The number of carbonyl (C=O) groups is 2. The van der Waals surface area contributed by atoms with Crippen molar-refractivity contribution in [1.29, 1.82) is 0 Å². The minimum absolute atomic E-state index is 0.0233. The molecule has 0 unspecified atom stereocenters. The summed E-state index contributed by atoms with van der Waals surface area (Å²) in [5.41, 5.74) is 0. The first-order valence-electron chi connectivity index (χ1n) is 5.26. The second-order valence-corrected chi connectivity index (χ2v) is 3.95. The number of nitrogens with one attached hydrogen (secondary N) is 1. The molecule has 5 nitrogen and oxygen atoms in total. The van der Waals surface area contributed by atoms with Crippen LogP contribution in [0, 0.1) is 0 Å². The van der Waals surface area contributed by atoms with E-state index in [2.05, 4.69) is 5.32 Å². The minimum atomic E-state index is -0.264. The molecule has 0 atom stereocenters. The number of rotatable bonds is 3. The van der Waals surface area contributed by atoms with E-state index >= 15 is 0 Å². The molecule has 0 saturated carbocycles. The van der Waals surface area contributed by atoms with Crippen LogP contribution < -0.4 is 5.32 Å². The minimum Gasteiger partial charge on any atom is -0.462 e. The van der Waals surface area contributed by atoms with E-state index in [1.54, 1.807) is 0 Å². The SMILES string of the molecule is CC(C)OC(=O)CN1CCCNC(=O)C1. The molecule has 0 aromatic carbocycles. The van der Waals surface area contributed by atoms with Gasteiger partial charge in [-0.15, -0.1) is 0 Å². The third-order valence-electron chi connectivity index (χ3n) is 2.06. The first-order valence-corrected chi connectivity index (χ1v) is 5.26. The number of hydrogen-bond donors (Lipinski definition) is 1. The maximum absolute atomic E-state index is 11.3. The second kappa shape index (κ2) is 5.70. The van der Waals surface area contributed by atoms with Crippen LogP contribution in [0.4, 0.5) is 0 Å². The van der Waals surface area contributed by atoms with E-state index in [0.717, 1.165) is 13.0 Å². The van der Waals surface area contributed by atoms with E-state index < -0.39 is 0 Å². The van der Waals surface area contributed by atoms with Crippen LogP contribution in [-0.2, 0) is 14.3 Å². The summed E-state index contributed by atoms with van der Waals surface area (Å²) in [4.78, 5) is 24.3. The van der Waals surface area contributed by atoms with Crippen LogP contribution >= 0.6 is 0 Å². The normalized spacial score (nSPS) is 18.5. The summed E-state index contributed by atoms with van der Waals surface area (Å²) in [5.74, 6) is -0.287. The maximum atomic E-state index is 11.3. The third-order valence-corrected chi connectivity index (χ3v) is 2.06. The highest BCUT2D eigenvalue weighted by Gasteiger charge is 2.18. The number of amides is 1. The number of hydrogen-bond acceptors (Lipinski definition) is 4. The molecule has 1 fully saturated rings. The van der Waals surface area contributed by atoms with Crippen molar-refractivity contribution in [3.05, 3.63) is 0 Å². The average molecular weight is 214 g/mol. The Labute approximate surface area is 89.8 Å². The van der Waals surface area contributed by atoms with E-state index in [-0.39, 0.29) is 31.1 Å². The van der Waals surface area contributed by atoms with Gasteiger partial charge in [-0.2, -0.15) is 0 Å². The predicted molar refractivity (Wildman–Crippen MR) is 55.3 cm³/mol. The van der Waals surface area contributed by atoms with Gasteiger partial charge in [-0.1, -0.05) is 0 Å². The molecule has 0 aromatic rings. The Bertz CT molecular complexity index is 241. The Morgan fingerprint density at radius 3 is 3.00 bits per heavy atom. The van der Waals surface area contributed by atoms with E-state index in [4.69, 9.17) is 4.74 Å². The predicted octanol–water partition coefficient (Wildman–Crippen LogP) is -0.240. The van der Waals surface area contributed by atoms with Gasteiger partial charge in [0, 0.05) is 13.1 Å². The van der Waals surface area contributed by atoms with Gasteiger partial charge in [0.25, 0.3) is 0 Å². The number of ether oxygens (including phenoxy) is 1. The summed E-state index contributed by atoms with van der Waals surface area (Å²) >= 11 is 0. The molecule has 0 spiro atoms. The molecule has 1 saturated heterocycles. The average Bonchev–Trinajstić information content (AvgIpc) is 2.28. The van der Waals surface area contributed by atoms with Crippen molar-refractivity contribution >= 4 is 11.9 Å². The van der Waals surface area contributed by atoms with Crippen molar-refractivity contribution in [2.75, 3.05) is 26.2 Å². The van der Waals surface area contributed by atoms with E-state index in [1.165, 1.54) is 0 Å². The molecular formula is C10H18N2O3. The van der Waals surface area contributed by atoms with Crippen LogP contribution in [0.3, 0.4) is 0 Å². The molecule has 5 heteroatoms. The molecule has 86 valence electrons. The fourth-order valence-corrected chi connectivity index (χ4v) is 1.49. The molecule has 0 radical (unpaired) electrons. The van der Waals surface area contributed by atoms with E-state index in [1.807, 2.05) is 18.7 Å². The Balaban J connectivity index is 2.35. The summed E-state index contributed by atoms with van der Waals surface area (Å²) in [6, 6.07) is 0. The summed E-state index contributed by atoms with van der Waals surface area (Å²) in [7, 11) is 0.